The number of carbonyl (C=O) groups excluding carboxylic acids is 2. The van der Waals surface area contributed by atoms with E-state index in [1.54, 1.807) is 30.3 Å². The second kappa shape index (κ2) is 9.67. The average Bonchev–Trinajstić information content (AvgIpc) is 3.25. The summed E-state index contributed by atoms with van der Waals surface area (Å²) in [5, 5.41) is 9.62. The van der Waals surface area contributed by atoms with Crippen LogP contribution in [0.2, 0.25) is 0 Å². The number of para-hydroxylation sites is 1. The molecule has 0 unspecified atom stereocenters. The number of benzene rings is 3. The van der Waals surface area contributed by atoms with E-state index in [0.29, 0.717) is 22.5 Å². The first-order chi connectivity index (χ1) is 15.9. The molecule has 166 valence electrons. The summed E-state index contributed by atoms with van der Waals surface area (Å²) < 4.78 is 5.62. The SMILES string of the molecule is CCc1ccc(C(=O)NC(=S)Nc2ccc(NC(=O)c3cc4ccccc4o3)c(C)c2)cc1. The zero-order chi connectivity index (χ0) is 23.4. The van der Waals surface area contributed by atoms with Crippen LogP contribution < -0.4 is 16.0 Å². The summed E-state index contributed by atoms with van der Waals surface area (Å²) in [5.74, 6) is -0.359. The molecule has 0 bridgehead atoms. The molecule has 1 heterocycles. The van der Waals surface area contributed by atoms with E-state index in [9.17, 15) is 9.59 Å². The van der Waals surface area contributed by atoms with Crippen molar-refractivity contribution in [2.75, 3.05) is 10.6 Å². The quantitative estimate of drug-likeness (QED) is 0.336. The highest BCUT2D eigenvalue weighted by Gasteiger charge is 2.14. The highest BCUT2D eigenvalue weighted by Crippen LogP contribution is 2.23. The van der Waals surface area contributed by atoms with E-state index in [1.807, 2.05) is 49.4 Å². The fourth-order valence-corrected chi connectivity index (χ4v) is 3.60. The number of anilines is 2. The van der Waals surface area contributed by atoms with Gasteiger partial charge in [-0.25, -0.2) is 0 Å². The van der Waals surface area contributed by atoms with Crippen LogP contribution in [0.5, 0.6) is 0 Å². The van der Waals surface area contributed by atoms with E-state index in [0.717, 1.165) is 22.9 Å². The van der Waals surface area contributed by atoms with Crippen molar-refractivity contribution in [2.45, 2.75) is 20.3 Å². The van der Waals surface area contributed by atoms with Crippen molar-refractivity contribution in [3.63, 3.8) is 0 Å². The molecule has 3 N–H and O–H groups in total. The van der Waals surface area contributed by atoms with Crippen molar-refractivity contribution < 1.29 is 14.0 Å². The van der Waals surface area contributed by atoms with Crippen LogP contribution in [0.1, 0.15) is 39.0 Å². The lowest BCUT2D eigenvalue weighted by molar-refractivity contribution is 0.0975. The van der Waals surface area contributed by atoms with Gasteiger partial charge in [-0.15, -0.1) is 0 Å². The topological polar surface area (TPSA) is 83.4 Å². The third kappa shape index (κ3) is 5.27. The Bertz CT molecular complexity index is 1310. The molecule has 0 fully saturated rings. The highest BCUT2D eigenvalue weighted by molar-refractivity contribution is 7.80. The first-order valence-electron chi connectivity index (χ1n) is 10.5. The summed E-state index contributed by atoms with van der Waals surface area (Å²) in [4.78, 5) is 25.0. The Morgan fingerprint density at radius 1 is 0.909 bits per heavy atom. The number of amides is 2. The van der Waals surface area contributed by atoms with Crippen LogP contribution in [0.15, 0.2) is 77.2 Å². The lowest BCUT2D eigenvalue weighted by atomic mass is 10.1. The average molecular weight is 458 g/mol. The third-order valence-electron chi connectivity index (χ3n) is 5.23. The van der Waals surface area contributed by atoms with Crippen molar-refractivity contribution >= 4 is 51.5 Å². The molecule has 0 aliphatic carbocycles. The van der Waals surface area contributed by atoms with Crippen LogP contribution in [0, 0.1) is 6.92 Å². The molecule has 6 nitrogen and oxygen atoms in total. The first-order valence-corrected chi connectivity index (χ1v) is 11.0. The van der Waals surface area contributed by atoms with E-state index >= 15 is 0 Å². The van der Waals surface area contributed by atoms with E-state index in [4.69, 9.17) is 16.6 Å². The first kappa shape index (κ1) is 22.2. The maximum atomic E-state index is 12.6. The number of aryl methyl sites for hydroxylation is 2. The number of thiocarbonyl (C=S) groups is 1. The molecule has 0 aliphatic heterocycles. The van der Waals surface area contributed by atoms with Crippen LogP contribution in [0.3, 0.4) is 0 Å². The van der Waals surface area contributed by atoms with Gasteiger partial charge in [0.05, 0.1) is 0 Å². The lowest BCUT2D eigenvalue weighted by Gasteiger charge is -2.13. The molecule has 0 aliphatic rings. The van der Waals surface area contributed by atoms with E-state index in [-0.39, 0.29) is 22.7 Å². The minimum atomic E-state index is -0.327. The molecule has 2 amide bonds. The lowest BCUT2D eigenvalue weighted by Crippen LogP contribution is -2.34. The van der Waals surface area contributed by atoms with Gasteiger partial charge in [-0.2, -0.15) is 0 Å². The molecule has 0 saturated heterocycles. The van der Waals surface area contributed by atoms with Crippen LogP contribution in [-0.4, -0.2) is 16.9 Å². The fraction of sp³-hybridized carbons (Fsp3) is 0.115. The molecule has 1 aromatic heterocycles. The summed E-state index contributed by atoms with van der Waals surface area (Å²) in [6.07, 6.45) is 0.913. The fourth-order valence-electron chi connectivity index (χ4n) is 3.39. The molecule has 4 rings (SSSR count). The zero-order valence-electron chi connectivity index (χ0n) is 18.3. The van der Waals surface area contributed by atoms with Gasteiger partial charge in [-0.1, -0.05) is 37.3 Å². The molecule has 7 heteroatoms. The Labute approximate surface area is 197 Å². The monoisotopic (exact) mass is 457 g/mol. The molecular weight excluding hydrogens is 434 g/mol. The predicted octanol–water partition coefficient (Wildman–Crippen LogP) is 5.68. The Hall–Kier alpha value is -3.97. The normalized spacial score (nSPS) is 10.6. The van der Waals surface area contributed by atoms with Crippen molar-refractivity contribution in [1.82, 2.24) is 5.32 Å². The summed E-state index contributed by atoms with van der Waals surface area (Å²) in [6.45, 7) is 3.93. The molecule has 0 spiro atoms. The van der Waals surface area contributed by atoms with E-state index < -0.39 is 0 Å². The minimum absolute atomic E-state index is 0.193. The van der Waals surface area contributed by atoms with Gasteiger partial charge in [0.15, 0.2) is 10.9 Å². The summed E-state index contributed by atoms with van der Waals surface area (Å²) >= 11 is 5.28. The standard InChI is InChI=1S/C26H23N3O3S/c1-3-17-8-10-18(11-9-17)24(30)29-26(33)27-20-12-13-21(16(2)14-20)28-25(31)23-15-19-6-4-5-7-22(19)32-23/h4-15H,3H2,1-2H3,(H,28,31)(H2,27,29,30,33). The molecule has 0 saturated carbocycles. The van der Waals surface area contributed by atoms with Gasteiger partial charge < -0.3 is 15.1 Å². The highest BCUT2D eigenvalue weighted by atomic mass is 32.1. The molecule has 0 atom stereocenters. The number of rotatable bonds is 5. The van der Waals surface area contributed by atoms with Crippen LogP contribution in [0.25, 0.3) is 11.0 Å². The predicted molar refractivity (Wildman–Crippen MR) is 135 cm³/mol. The summed E-state index contributed by atoms with van der Waals surface area (Å²) in [5.41, 5.74) is 4.54. The Morgan fingerprint density at radius 3 is 2.36 bits per heavy atom. The minimum Gasteiger partial charge on any atom is -0.451 e. The van der Waals surface area contributed by atoms with Gasteiger partial charge >= 0.3 is 0 Å². The van der Waals surface area contributed by atoms with Gasteiger partial charge in [-0.3, -0.25) is 14.9 Å². The number of hydrogen-bond acceptors (Lipinski definition) is 4. The van der Waals surface area contributed by atoms with Crippen LogP contribution in [-0.2, 0) is 6.42 Å². The van der Waals surface area contributed by atoms with E-state index in [2.05, 4.69) is 22.9 Å². The summed E-state index contributed by atoms with van der Waals surface area (Å²) in [7, 11) is 0. The number of fused-ring (bicyclic) bond motifs is 1. The van der Waals surface area contributed by atoms with Crippen LogP contribution in [0.4, 0.5) is 11.4 Å². The number of nitrogens with one attached hydrogen (secondary N) is 3. The third-order valence-corrected chi connectivity index (χ3v) is 5.44. The van der Waals surface area contributed by atoms with Crippen molar-refractivity contribution in [3.05, 3.63) is 95.2 Å². The van der Waals surface area contributed by atoms with Gasteiger partial charge in [0, 0.05) is 22.3 Å². The van der Waals surface area contributed by atoms with Crippen molar-refractivity contribution in [1.29, 1.82) is 0 Å². The number of furan rings is 1. The van der Waals surface area contributed by atoms with Crippen molar-refractivity contribution in [2.24, 2.45) is 0 Å². The number of carbonyl (C=O) groups is 2. The smallest absolute Gasteiger partial charge is 0.291 e. The van der Waals surface area contributed by atoms with Gasteiger partial charge in [0.25, 0.3) is 11.8 Å². The van der Waals surface area contributed by atoms with Gasteiger partial charge in [0.1, 0.15) is 5.58 Å². The van der Waals surface area contributed by atoms with Gasteiger partial charge in [-0.05, 0) is 79.2 Å². The Morgan fingerprint density at radius 2 is 1.67 bits per heavy atom. The zero-order valence-corrected chi connectivity index (χ0v) is 19.1. The van der Waals surface area contributed by atoms with Crippen molar-refractivity contribution in [3.8, 4) is 0 Å². The number of hydrogen-bond donors (Lipinski definition) is 3. The largest absolute Gasteiger partial charge is 0.451 e. The van der Waals surface area contributed by atoms with Crippen LogP contribution >= 0.6 is 12.2 Å². The van der Waals surface area contributed by atoms with E-state index in [1.165, 1.54) is 0 Å². The maximum absolute atomic E-state index is 12.6. The Balaban J connectivity index is 1.37. The van der Waals surface area contributed by atoms with Gasteiger partial charge in [0.2, 0.25) is 0 Å². The molecule has 4 aromatic rings. The second-order valence-corrected chi connectivity index (χ2v) is 8.00. The molecule has 33 heavy (non-hydrogen) atoms. The Kier molecular flexibility index (Phi) is 6.51. The maximum Gasteiger partial charge on any atom is 0.291 e. The molecule has 3 aromatic carbocycles. The second-order valence-electron chi connectivity index (χ2n) is 7.59. The molecule has 0 radical (unpaired) electrons. The molecular formula is C26H23N3O3S. The summed E-state index contributed by atoms with van der Waals surface area (Å²) in [6, 6.07) is 22.0.